The van der Waals surface area contributed by atoms with E-state index in [0.29, 0.717) is 0 Å². The summed E-state index contributed by atoms with van der Waals surface area (Å²) in [5.41, 5.74) is -0.256. The van der Waals surface area contributed by atoms with Gasteiger partial charge in [-0.15, -0.1) is 5.10 Å². The van der Waals surface area contributed by atoms with Crippen LogP contribution in [0.25, 0.3) is 0 Å². The summed E-state index contributed by atoms with van der Waals surface area (Å²) < 4.78 is 5.95. The van der Waals surface area contributed by atoms with E-state index in [1.165, 1.54) is 18.0 Å². The Balaban J connectivity index is 2.73. The molecule has 0 aliphatic heterocycles. The third-order valence-corrected chi connectivity index (χ3v) is 2.43. The maximum atomic E-state index is 11.6. The SMILES string of the molecule is CCC(C)NC(=O)Cn1cc([N+](=O)[O-])c(OC)n1. The van der Waals surface area contributed by atoms with Gasteiger partial charge in [0.15, 0.2) is 0 Å². The van der Waals surface area contributed by atoms with Gasteiger partial charge in [0.1, 0.15) is 12.7 Å². The largest absolute Gasteiger partial charge is 0.475 e. The maximum Gasteiger partial charge on any atom is 0.350 e. The summed E-state index contributed by atoms with van der Waals surface area (Å²) in [7, 11) is 1.29. The van der Waals surface area contributed by atoms with Crippen LogP contribution in [0.3, 0.4) is 0 Å². The first kappa shape index (κ1) is 13.9. The molecule has 1 heterocycles. The van der Waals surface area contributed by atoms with Crippen LogP contribution in [0.1, 0.15) is 20.3 Å². The van der Waals surface area contributed by atoms with Crippen molar-refractivity contribution < 1.29 is 14.5 Å². The van der Waals surface area contributed by atoms with E-state index in [0.717, 1.165) is 6.42 Å². The third kappa shape index (κ3) is 3.44. The molecule has 0 saturated heterocycles. The summed E-state index contributed by atoms with van der Waals surface area (Å²) in [6.07, 6.45) is 1.99. The van der Waals surface area contributed by atoms with Gasteiger partial charge in [-0.1, -0.05) is 6.92 Å². The second-order valence-corrected chi connectivity index (χ2v) is 3.86. The zero-order chi connectivity index (χ0) is 13.7. The summed E-state index contributed by atoms with van der Waals surface area (Å²) in [6, 6.07) is 0.0601. The van der Waals surface area contributed by atoms with Gasteiger partial charge in [0.2, 0.25) is 5.91 Å². The molecule has 0 bridgehead atoms. The molecule has 1 aromatic heterocycles. The second kappa shape index (κ2) is 5.99. The van der Waals surface area contributed by atoms with Crippen LogP contribution in [-0.2, 0) is 11.3 Å². The van der Waals surface area contributed by atoms with Crippen LogP contribution in [0.15, 0.2) is 6.20 Å². The molecule has 0 saturated carbocycles. The average molecular weight is 256 g/mol. The van der Waals surface area contributed by atoms with Gasteiger partial charge >= 0.3 is 11.6 Å². The predicted molar refractivity (Wildman–Crippen MR) is 63.3 cm³/mol. The minimum Gasteiger partial charge on any atom is -0.475 e. The Morgan fingerprint density at radius 3 is 2.83 bits per heavy atom. The smallest absolute Gasteiger partial charge is 0.350 e. The lowest BCUT2D eigenvalue weighted by atomic mass is 10.2. The number of amides is 1. The molecule has 8 nitrogen and oxygen atoms in total. The highest BCUT2D eigenvalue weighted by Crippen LogP contribution is 2.23. The molecule has 1 unspecified atom stereocenters. The van der Waals surface area contributed by atoms with Gasteiger partial charge in [-0.3, -0.25) is 19.6 Å². The topological polar surface area (TPSA) is 99.3 Å². The van der Waals surface area contributed by atoms with Crippen molar-refractivity contribution in [3.05, 3.63) is 16.3 Å². The molecule has 0 aromatic carbocycles. The number of aromatic nitrogens is 2. The summed E-state index contributed by atoms with van der Waals surface area (Å²) >= 11 is 0. The Morgan fingerprint density at radius 2 is 2.39 bits per heavy atom. The summed E-state index contributed by atoms with van der Waals surface area (Å²) in [5.74, 6) is -0.347. The molecule has 18 heavy (non-hydrogen) atoms. The molecular weight excluding hydrogens is 240 g/mol. The van der Waals surface area contributed by atoms with E-state index in [4.69, 9.17) is 4.74 Å². The standard InChI is InChI=1S/C10H16N4O4/c1-4-7(2)11-9(15)6-13-5-8(14(16)17)10(12-13)18-3/h5,7H,4,6H2,1-3H3,(H,11,15). The Morgan fingerprint density at radius 1 is 1.72 bits per heavy atom. The van der Waals surface area contributed by atoms with Crippen molar-refractivity contribution in [3.8, 4) is 5.88 Å². The van der Waals surface area contributed by atoms with Crippen LogP contribution < -0.4 is 10.1 Å². The van der Waals surface area contributed by atoms with E-state index in [9.17, 15) is 14.9 Å². The molecule has 1 aromatic rings. The summed E-state index contributed by atoms with van der Waals surface area (Å²) in [5, 5.41) is 17.2. The number of nitro groups is 1. The first-order valence-corrected chi connectivity index (χ1v) is 5.53. The van der Waals surface area contributed by atoms with Crippen molar-refractivity contribution in [3.63, 3.8) is 0 Å². The van der Waals surface area contributed by atoms with Gasteiger partial charge in [0.05, 0.1) is 12.0 Å². The molecule has 1 atom stereocenters. The van der Waals surface area contributed by atoms with Gasteiger partial charge < -0.3 is 10.1 Å². The van der Waals surface area contributed by atoms with Crippen LogP contribution in [0.4, 0.5) is 5.69 Å². The molecule has 0 aliphatic rings. The molecule has 0 aliphatic carbocycles. The lowest BCUT2D eigenvalue weighted by molar-refractivity contribution is -0.385. The number of rotatable bonds is 6. The van der Waals surface area contributed by atoms with Gasteiger partial charge in [-0.25, -0.2) is 0 Å². The first-order valence-electron chi connectivity index (χ1n) is 5.53. The molecule has 1 N–H and O–H groups in total. The highest BCUT2D eigenvalue weighted by Gasteiger charge is 2.21. The number of carbonyl (C=O) groups excluding carboxylic acids is 1. The Hall–Kier alpha value is -2.12. The monoisotopic (exact) mass is 256 g/mol. The van der Waals surface area contributed by atoms with E-state index in [1.54, 1.807) is 0 Å². The summed E-state index contributed by atoms with van der Waals surface area (Å²) in [4.78, 5) is 21.7. The molecule has 0 fully saturated rings. The fourth-order valence-electron chi connectivity index (χ4n) is 1.31. The lowest BCUT2D eigenvalue weighted by Gasteiger charge is -2.10. The number of hydrogen-bond donors (Lipinski definition) is 1. The van der Waals surface area contributed by atoms with Gasteiger partial charge in [0, 0.05) is 6.04 Å². The van der Waals surface area contributed by atoms with Crippen molar-refractivity contribution in [2.24, 2.45) is 0 Å². The van der Waals surface area contributed by atoms with E-state index in [2.05, 4.69) is 10.4 Å². The molecule has 1 rings (SSSR count). The molecular formula is C10H16N4O4. The zero-order valence-corrected chi connectivity index (χ0v) is 10.5. The summed E-state index contributed by atoms with van der Waals surface area (Å²) in [6.45, 7) is 3.76. The minimum absolute atomic E-state index is 0.0601. The van der Waals surface area contributed by atoms with Crippen molar-refractivity contribution >= 4 is 11.6 Å². The number of nitrogens with zero attached hydrogens (tertiary/aromatic N) is 3. The Kier molecular flexibility index (Phi) is 4.64. The van der Waals surface area contributed by atoms with E-state index >= 15 is 0 Å². The van der Waals surface area contributed by atoms with Crippen molar-refractivity contribution in [1.29, 1.82) is 0 Å². The van der Waals surface area contributed by atoms with Crippen LogP contribution in [0, 0.1) is 10.1 Å². The highest BCUT2D eigenvalue weighted by atomic mass is 16.6. The van der Waals surface area contributed by atoms with E-state index in [1.807, 2.05) is 13.8 Å². The normalized spacial score (nSPS) is 11.9. The highest BCUT2D eigenvalue weighted by molar-refractivity contribution is 5.76. The van der Waals surface area contributed by atoms with Crippen molar-refractivity contribution in [2.75, 3.05) is 7.11 Å². The fourth-order valence-corrected chi connectivity index (χ4v) is 1.31. The number of ether oxygens (including phenoxy) is 1. The minimum atomic E-state index is -0.602. The molecule has 0 spiro atoms. The number of hydrogen-bond acceptors (Lipinski definition) is 5. The third-order valence-electron chi connectivity index (χ3n) is 2.43. The molecule has 0 radical (unpaired) electrons. The van der Waals surface area contributed by atoms with E-state index in [-0.39, 0.29) is 30.1 Å². The van der Waals surface area contributed by atoms with Crippen molar-refractivity contribution in [2.45, 2.75) is 32.9 Å². The second-order valence-electron chi connectivity index (χ2n) is 3.86. The van der Waals surface area contributed by atoms with Gasteiger partial charge in [-0.05, 0) is 13.3 Å². The fraction of sp³-hybridized carbons (Fsp3) is 0.600. The van der Waals surface area contributed by atoms with Crippen LogP contribution in [-0.4, -0.2) is 33.8 Å². The number of nitrogens with one attached hydrogen (secondary N) is 1. The van der Waals surface area contributed by atoms with Crippen LogP contribution in [0.2, 0.25) is 0 Å². The maximum absolute atomic E-state index is 11.6. The zero-order valence-electron chi connectivity index (χ0n) is 10.5. The number of methoxy groups -OCH3 is 1. The lowest BCUT2D eigenvalue weighted by Crippen LogP contribution is -2.34. The van der Waals surface area contributed by atoms with Gasteiger partial charge in [-0.2, -0.15) is 0 Å². The van der Waals surface area contributed by atoms with Crippen LogP contribution >= 0.6 is 0 Å². The predicted octanol–water partition coefficient (Wildman–Crippen LogP) is 0.715. The first-order chi connectivity index (χ1) is 8.47. The average Bonchev–Trinajstić information content (AvgIpc) is 2.71. The Labute approximate surface area is 104 Å². The van der Waals surface area contributed by atoms with Crippen LogP contribution in [0.5, 0.6) is 5.88 Å². The Bertz CT molecular complexity index is 443. The molecule has 1 amide bonds. The molecule has 8 heteroatoms. The quantitative estimate of drug-likeness (QED) is 0.597. The van der Waals surface area contributed by atoms with Crippen molar-refractivity contribution in [1.82, 2.24) is 15.1 Å². The molecule has 100 valence electrons. The van der Waals surface area contributed by atoms with Gasteiger partial charge in [0.25, 0.3) is 0 Å². The number of carbonyl (C=O) groups is 1. The van der Waals surface area contributed by atoms with E-state index < -0.39 is 4.92 Å².